The molecule has 3 saturated carbocycles. The molecule has 3 N–H and O–H groups in total. The van der Waals surface area contributed by atoms with Crippen LogP contribution in [0.5, 0.6) is 0 Å². The molecule has 27 heteroatoms. The van der Waals surface area contributed by atoms with E-state index >= 15 is 0 Å². The van der Waals surface area contributed by atoms with Crippen LogP contribution >= 0.6 is 0 Å². The Labute approximate surface area is 559 Å². The Morgan fingerprint density at radius 1 is 0.452 bits per heavy atom. The summed E-state index contributed by atoms with van der Waals surface area (Å²) in [5.74, 6) is 0. The number of aromatic nitrogens is 8. The highest BCUT2D eigenvalue weighted by molar-refractivity contribution is 7.86. The van der Waals surface area contributed by atoms with E-state index in [1.165, 1.54) is 57.8 Å². The van der Waals surface area contributed by atoms with Gasteiger partial charge in [0.05, 0.1) is 81.4 Å². The molecule has 520 valence electrons. The van der Waals surface area contributed by atoms with Crippen LogP contribution in [0.3, 0.4) is 0 Å². The van der Waals surface area contributed by atoms with Crippen molar-refractivity contribution in [3.8, 4) is 0 Å². The van der Waals surface area contributed by atoms with Crippen molar-refractivity contribution in [1.82, 2.24) is 49.8 Å². The normalized spacial score (nSPS) is 25.3. The molecule has 93 heavy (non-hydrogen) atoms. The van der Waals surface area contributed by atoms with Crippen molar-refractivity contribution >= 4 is 60.4 Å². The quantitative estimate of drug-likeness (QED) is 0.105. The van der Waals surface area contributed by atoms with Crippen LogP contribution in [0.1, 0.15) is 251 Å². The van der Waals surface area contributed by atoms with E-state index in [1.807, 2.05) is 46.3 Å². The Hall–Kier alpha value is -3.43. The van der Waals surface area contributed by atoms with E-state index in [0.29, 0.717) is 18.1 Å². The van der Waals surface area contributed by atoms with Gasteiger partial charge < -0.3 is 52.6 Å². The van der Waals surface area contributed by atoms with Gasteiger partial charge in [0, 0.05) is 71.4 Å². The van der Waals surface area contributed by atoms with E-state index in [0.717, 1.165) is 118 Å². The zero-order valence-electron chi connectivity index (χ0n) is 60.0. The van der Waals surface area contributed by atoms with Gasteiger partial charge in [-0.1, -0.05) is 57.8 Å². The molecule has 0 aromatic carbocycles. The highest BCUT2D eigenvalue weighted by Gasteiger charge is 2.55. The molecular formula is C66H116B4N10O12S. The number of hydrogen-bond donors (Lipinski definition) is 3. The fourth-order valence-corrected chi connectivity index (χ4v) is 13.2. The molecule has 0 atom stereocenters. The number of aliphatic hydroxyl groups is 1. The smallest absolute Gasteiger partial charge is 0.399 e. The van der Waals surface area contributed by atoms with Crippen molar-refractivity contribution < 1.29 is 54.9 Å². The SMILES string of the molecule is CC1(C)OB(c2cn[nH]c2)OC1(C)C.CC1(C)OB(c2cnn(C3CCCCC3)c2)OC1(C)C.CC1(C)OB(c2cnn(C3CCNCC3)c2)OC1(C)C.CN1CCC(n2cc(B3OC(C)(C)C(C)(C)O3)cn2)CC1.CS(=O)(=O)OC1CCCCC1.OC1CCCCC1. The van der Waals surface area contributed by atoms with Crippen LogP contribution < -0.4 is 27.2 Å². The van der Waals surface area contributed by atoms with E-state index in [2.05, 4.69) is 158 Å². The highest BCUT2D eigenvalue weighted by atomic mass is 32.2. The monoisotopic (exact) mass is 1320 g/mol. The summed E-state index contributed by atoms with van der Waals surface area (Å²) >= 11 is 0. The number of likely N-dealkylation sites (tertiary alicyclic amines) is 1. The second kappa shape index (κ2) is 31.2. The van der Waals surface area contributed by atoms with Gasteiger partial charge >= 0.3 is 28.5 Å². The van der Waals surface area contributed by atoms with Gasteiger partial charge in [0.2, 0.25) is 0 Å². The minimum Gasteiger partial charge on any atom is -0.399 e. The van der Waals surface area contributed by atoms with Gasteiger partial charge in [-0.2, -0.15) is 28.8 Å². The van der Waals surface area contributed by atoms with Crippen LogP contribution in [0, 0.1) is 0 Å². The van der Waals surface area contributed by atoms with E-state index in [9.17, 15) is 8.42 Å². The average Bonchev–Trinajstić information content (AvgIpc) is 1.65. The van der Waals surface area contributed by atoms with Crippen LogP contribution in [0.2, 0.25) is 0 Å². The molecule has 9 aliphatic rings. The zero-order chi connectivity index (χ0) is 67.8. The summed E-state index contributed by atoms with van der Waals surface area (Å²) in [5, 5.41) is 32.5. The molecule has 22 nitrogen and oxygen atoms in total. The van der Waals surface area contributed by atoms with Crippen molar-refractivity contribution in [2.75, 3.05) is 39.5 Å². The van der Waals surface area contributed by atoms with Crippen LogP contribution in [-0.2, 0) is 51.5 Å². The highest BCUT2D eigenvalue weighted by Crippen LogP contribution is 2.40. The Morgan fingerprint density at radius 3 is 1.08 bits per heavy atom. The average molecular weight is 1320 g/mol. The molecule has 6 saturated heterocycles. The zero-order valence-corrected chi connectivity index (χ0v) is 60.8. The predicted molar refractivity (Wildman–Crippen MR) is 369 cm³/mol. The van der Waals surface area contributed by atoms with Gasteiger partial charge in [0.1, 0.15) is 0 Å². The van der Waals surface area contributed by atoms with Gasteiger partial charge in [-0.3, -0.25) is 23.3 Å². The fraction of sp³-hybridized carbons (Fsp3) is 0.818. The van der Waals surface area contributed by atoms with Gasteiger partial charge in [0.25, 0.3) is 10.1 Å². The van der Waals surface area contributed by atoms with E-state index in [1.54, 1.807) is 12.4 Å². The van der Waals surface area contributed by atoms with Crippen LogP contribution in [-0.4, -0.2) is 183 Å². The van der Waals surface area contributed by atoms with Crippen molar-refractivity contribution in [2.45, 2.75) is 308 Å². The lowest BCUT2D eigenvalue weighted by Gasteiger charge is -2.32. The summed E-state index contributed by atoms with van der Waals surface area (Å²) in [4.78, 5) is 2.37. The molecule has 0 unspecified atom stereocenters. The number of hydrogen-bond acceptors (Lipinski definition) is 18. The first kappa shape index (κ1) is 75.3. The minimum absolute atomic E-state index is 0.0359. The van der Waals surface area contributed by atoms with E-state index in [-0.39, 0.29) is 85.5 Å². The van der Waals surface area contributed by atoms with Gasteiger partial charge in [-0.25, -0.2) is 0 Å². The molecule has 3 aliphatic carbocycles. The second-order valence-electron chi connectivity index (χ2n) is 31.3. The topological polar surface area (TPSA) is 235 Å². The van der Waals surface area contributed by atoms with Crippen molar-refractivity contribution in [3.63, 3.8) is 0 Å². The second-order valence-corrected chi connectivity index (χ2v) is 32.9. The van der Waals surface area contributed by atoms with Gasteiger partial charge in [-0.15, -0.1) is 0 Å². The number of aromatic amines is 1. The summed E-state index contributed by atoms with van der Waals surface area (Å²) in [6.07, 6.45) is 38.7. The number of H-pyrrole nitrogens is 1. The first-order valence-corrected chi connectivity index (χ1v) is 36.8. The van der Waals surface area contributed by atoms with Gasteiger partial charge in [0.15, 0.2) is 0 Å². The molecule has 4 aromatic rings. The third-order valence-corrected chi connectivity index (χ3v) is 22.2. The van der Waals surface area contributed by atoms with Crippen LogP contribution in [0.4, 0.5) is 0 Å². The van der Waals surface area contributed by atoms with E-state index in [4.69, 9.17) is 46.5 Å². The number of piperidine rings is 2. The third kappa shape index (κ3) is 20.1. The van der Waals surface area contributed by atoms with E-state index < -0.39 is 10.1 Å². The molecule has 4 aromatic heterocycles. The molecular weight excluding hydrogens is 1200 g/mol. The Balaban J connectivity index is 0.000000148. The summed E-state index contributed by atoms with van der Waals surface area (Å²) in [5.41, 5.74) is 1.68. The molecule has 6 aliphatic heterocycles. The summed E-state index contributed by atoms with van der Waals surface area (Å²) in [6, 6.07) is 1.55. The molecule has 10 heterocycles. The molecule has 0 spiro atoms. The number of nitrogens with zero attached hydrogens (tertiary/aromatic N) is 8. The Morgan fingerprint density at radius 2 is 0.763 bits per heavy atom. The number of aliphatic hydroxyl groups excluding tert-OH is 1. The van der Waals surface area contributed by atoms with Crippen molar-refractivity contribution in [1.29, 1.82) is 0 Å². The van der Waals surface area contributed by atoms with Crippen LogP contribution in [0.25, 0.3) is 0 Å². The summed E-state index contributed by atoms with van der Waals surface area (Å²) < 4.78 is 80.6. The molecule has 0 amide bonds. The standard InChI is InChI=1S/C15H26BN3O2.C15H25BN2O2.C14H24BN3O2.C9H15BN2O2.C7H14O3S.C6H12O/c1-14(2)15(3,4)21-16(20-14)12-10-17-19(11-12)13-6-8-18(5)9-7-13;1-14(2)15(3,4)20-16(19-14)12-10-17-18(11-12)13-8-6-5-7-9-13;1-13(2)14(3,4)20-15(19-13)11-9-17-18(10-11)12-5-7-16-8-6-12;1-8(2)9(3,4)14-10(13-8)7-5-11-12-6-7;1-11(8,9)10-7-5-3-2-4-6-7;7-6-4-2-1-3-5-6/h10-11,13H,6-9H2,1-5H3;10-11,13H,5-9H2,1-4H3;9-10,12,16H,5-8H2,1-4H3;5-6H,1-4H3,(H,11,12);7H,2-6H2,1H3;6-7H,1-5H2. The summed E-state index contributed by atoms with van der Waals surface area (Å²) in [6.45, 7) is 37.5. The Bertz CT molecular complexity index is 2860. The molecule has 9 fully saturated rings. The first-order chi connectivity index (χ1) is 43.5. The fourth-order valence-electron chi connectivity index (χ4n) is 12.5. The molecule has 13 rings (SSSR count). The van der Waals surface area contributed by atoms with Crippen molar-refractivity contribution in [3.05, 3.63) is 49.6 Å². The lowest BCUT2D eigenvalue weighted by Crippen LogP contribution is -2.41. The maximum absolute atomic E-state index is 10.7. The summed E-state index contributed by atoms with van der Waals surface area (Å²) in [7, 11) is -2.27. The number of rotatable bonds is 9. The molecule has 0 bridgehead atoms. The number of nitrogens with one attached hydrogen (secondary N) is 2. The predicted octanol–water partition coefficient (Wildman–Crippen LogP) is 8.56. The third-order valence-electron chi connectivity index (χ3n) is 21.6. The lowest BCUT2D eigenvalue weighted by atomic mass is 9.82. The molecule has 0 radical (unpaired) electrons. The Kier molecular flexibility index (Phi) is 25.3. The minimum atomic E-state index is -3.22. The van der Waals surface area contributed by atoms with Crippen molar-refractivity contribution in [2.24, 2.45) is 0 Å². The maximum Gasteiger partial charge on any atom is 0.498 e. The largest absolute Gasteiger partial charge is 0.498 e. The van der Waals surface area contributed by atoms with Gasteiger partial charge in [-0.05, 0) is 208 Å². The maximum atomic E-state index is 10.7. The van der Waals surface area contributed by atoms with Crippen LogP contribution in [0.15, 0.2) is 49.6 Å². The lowest BCUT2D eigenvalue weighted by molar-refractivity contribution is 0.00578. The first-order valence-electron chi connectivity index (χ1n) is 34.9.